The average Bonchev–Trinajstić information content (AvgIpc) is 2.73. The largest absolute Gasteiger partial charge is 0.383 e. The zero-order valence-electron chi connectivity index (χ0n) is 15.8. The van der Waals surface area contributed by atoms with Gasteiger partial charge in [0.15, 0.2) is 5.78 Å². The van der Waals surface area contributed by atoms with Gasteiger partial charge in [0, 0.05) is 56.1 Å². The summed E-state index contributed by atoms with van der Waals surface area (Å²) >= 11 is 0. The molecule has 0 aromatic heterocycles. The Balaban J connectivity index is 1.67. The van der Waals surface area contributed by atoms with E-state index in [-0.39, 0.29) is 17.4 Å². The average molecular weight is 382 g/mol. The first-order valence-corrected chi connectivity index (χ1v) is 9.02. The molecule has 8 heteroatoms. The fourth-order valence-electron chi connectivity index (χ4n) is 3.28. The molecule has 1 fully saturated rings. The molecule has 3 rings (SSSR count). The van der Waals surface area contributed by atoms with Crippen molar-refractivity contribution in [3.8, 4) is 0 Å². The van der Waals surface area contributed by atoms with Crippen molar-refractivity contribution in [3.05, 3.63) is 63.7 Å². The van der Waals surface area contributed by atoms with E-state index in [0.29, 0.717) is 43.0 Å². The summed E-state index contributed by atoms with van der Waals surface area (Å²) < 4.78 is 0. The van der Waals surface area contributed by atoms with Gasteiger partial charge in [-0.1, -0.05) is 0 Å². The predicted octanol–water partition coefficient (Wildman–Crippen LogP) is 2.80. The van der Waals surface area contributed by atoms with Gasteiger partial charge in [-0.25, -0.2) is 0 Å². The second kappa shape index (κ2) is 8.08. The minimum atomic E-state index is -0.495. The number of Topliss-reactive ketones (excluding diaryl/α,β-unsaturated/α-hetero) is 1. The van der Waals surface area contributed by atoms with Gasteiger partial charge in [-0.15, -0.1) is 0 Å². The van der Waals surface area contributed by atoms with Crippen LogP contribution >= 0.6 is 0 Å². The summed E-state index contributed by atoms with van der Waals surface area (Å²) in [5.41, 5.74) is 2.25. The van der Waals surface area contributed by atoms with E-state index in [1.165, 1.54) is 13.0 Å². The zero-order valence-corrected chi connectivity index (χ0v) is 15.8. The summed E-state index contributed by atoms with van der Waals surface area (Å²) in [6, 6.07) is 11.9. The highest BCUT2D eigenvalue weighted by Gasteiger charge is 2.24. The quantitative estimate of drug-likeness (QED) is 0.485. The molecule has 1 N–H and O–H groups in total. The van der Waals surface area contributed by atoms with Crippen molar-refractivity contribution in [2.75, 3.05) is 43.4 Å². The monoisotopic (exact) mass is 382 g/mol. The minimum Gasteiger partial charge on any atom is -0.383 e. The molecule has 1 heterocycles. The van der Waals surface area contributed by atoms with Gasteiger partial charge in [0.25, 0.3) is 11.6 Å². The number of nitrogens with zero attached hydrogens (tertiary/aromatic N) is 3. The van der Waals surface area contributed by atoms with E-state index >= 15 is 0 Å². The first-order valence-electron chi connectivity index (χ1n) is 9.02. The third kappa shape index (κ3) is 3.95. The number of amides is 1. The van der Waals surface area contributed by atoms with Crippen molar-refractivity contribution in [2.45, 2.75) is 6.92 Å². The number of carbonyl (C=O) groups is 2. The molecule has 8 nitrogen and oxygen atoms in total. The van der Waals surface area contributed by atoms with Gasteiger partial charge in [0.2, 0.25) is 0 Å². The number of nitro groups is 1. The fraction of sp³-hybridized carbons (Fsp3) is 0.300. The number of ketones is 1. The second-order valence-electron chi connectivity index (χ2n) is 6.62. The highest BCUT2D eigenvalue weighted by molar-refractivity contribution is 5.96. The summed E-state index contributed by atoms with van der Waals surface area (Å²) in [7, 11) is 1.60. The summed E-state index contributed by atoms with van der Waals surface area (Å²) in [5, 5.41) is 14.0. The van der Waals surface area contributed by atoms with Crippen molar-refractivity contribution in [1.82, 2.24) is 4.90 Å². The van der Waals surface area contributed by atoms with Crippen LogP contribution in [0.2, 0.25) is 0 Å². The van der Waals surface area contributed by atoms with Crippen LogP contribution in [-0.4, -0.2) is 54.7 Å². The second-order valence-corrected chi connectivity index (χ2v) is 6.62. The Morgan fingerprint density at radius 3 is 2.14 bits per heavy atom. The van der Waals surface area contributed by atoms with Crippen molar-refractivity contribution in [2.24, 2.45) is 0 Å². The molecule has 0 spiro atoms. The molecule has 28 heavy (non-hydrogen) atoms. The molecule has 146 valence electrons. The van der Waals surface area contributed by atoms with Gasteiger partial charge in [-0.2, -0.15) is 0 Å². The predicted molar refractivity (Wildman–Crippen MR) is 107 cm³/mol. The van der Waals surface area contributed by atoms with E-state index in [4.69, 9.17) is 0 Å². The molecule has 0 atom stereocenters. The van der Waals surface area contributed by atoms with E-state index in [9.17, 15) is 19.7 Å². The van der Waals surface area contributed by atoms with Crippen LogP contribution in [0.4, 0.5) is 17.1 Å². The van der Waals surface area contributed by atoms with Gasteiger partial charge in [0.1, 0.15) is 5.69 Å². The molecule has 2 aromatic carbocycles. The number of rotatable bonds is 5. The SMILES string of the molecule is CNc1ccc(C(=O)N2CCN(c3ccc(C(C)=O)cc3)CC2)cc1[N+](=O)[O-]. The van der Waals surface area contributed by atoms with Crippen molar-refractivity contribution in [1.29, 1.82) is 0 Å². The third-order valence-corrected chi connectivity index (χ3v) is 4.92. The molecule has 1 aliphatic rings. The molecular weight excluding hydrogens is 360 g/mol. The molecule has 1 saturated heterocycles. The Hall–Kier alpha value is -3.42. The third-order valence-electron chi connectivity index (χ3n) is 4.92. The van der Waals surface area contributed by atoms with E-state index in [0.717, 1.165) is 5.69 Å². The molecule has 0 unspecified atom stereocenters. The number of benzene rings is 2. The van der Waals surface area contributed by atoms with Crippen molar-refractivity contribution >= 4 is 28.8 Å². The lowest BCUT2D eigenvalue weighted by atomic mass is 10.1. The van der Waals surface area contributed by atoms with Gasteiger partial charge in [-0.05, 0) is 43.3 Å². The van der Waals surface area contributed by atoms with Crippen molar-refractivity contribution < 1.29 is 14.5 Å². The number of nitro benzene ring substituents is 1. The van der Waals surface area contributed by atoms with Crippen LogP contribution < -0.4 is 10.2 Å². The number of nitrogens with one attached hydrogen (secondary N) is 1. The summed E-state index contributed by atoms with van der Waals surface area (Å²) in [6.45, 7) is 3.89. The van der Waals surface area contributed by atoms with Crippen LogP contribution in [0.25, 0.3) is 0 Å². The summed E-state index contributed by atoms with van der Waals surface area (Å²) in [5.74, 6) is -0.183. The number of anilines is 2. The van der Waals surface area contributed by atoms with E-state index in [1.807, 2.05) is 12.1 Å². The van der Waals surface area contributed by atoms with E-state index < -0.39 is 4.92 Å². The maximum absolute atomic E-state index is 12.8. The summed E-state index contributed by atoms with van der Waals surface area (Å²) in [4.78, 5) is 38.7. The number of carbonyl (C=O) groups excluding carboxylic acids is 2. The van der Waals surface area contributed by atoms with Crippen LogP contribution in [0.3, 0.4) is 0 Å². The van der Waals surface area contributed by atoms with Gasteiger partial charge >= 0.3 is 0 Å². The topological polar surface area (TPSA) is 95.8 Å². The van der Waals surface area contributed by atoms with E-state index in [2.05, 4.69) is 10.2 Å². The van der Waals surface area contributed by atoms with Crippen LogP contribution in [-0.2, 0) is 0 Å². The molecule has 0 aliphatic carbocycles. The molecule has 2 aromatic rings. The maximum Gasteiger partial charge on any atom is 0.293 e. The van der Waals surface area contributed by atoms with Crippen LogP contribution in [0.1, 0.15) is 27.6 Å². The summed E-state index contributed by atoms with van der Waals surface area (Å²) in [6.07, 6.45) is 0. The molecule has 0 saturated carbocycles. The lowest BCUT2D eigenvalue weighted by Crippen LogP contribution is -2.48. The maximum atomic E-state index is 12.8. The van der Waals surface area contributed by atoms with E-state index in [1.54, 1.807) is 36.2 Å². The minimum absolute atomic E-state index is 0.0281. The van der Waals surface area contributed by atoms with Crippen LogP contribution in [0.15, 0.2) is 42.5 Å². The molecular formula is C20H22N4O4. The van der Waals surface area contributed by atoms with Gasteiger partial charge in [-0.3, -0.25) is 19.7 Å². The standard InChI is InChI=1S/C20H22N4O4/c1-14(25)15-3-6-17(7-4-15)22-9-11-23(12-10-22)20(26)16-5-8-18(21-2)19(13-16)24(27)28/h3-8,13,21H,9-12H2,1-2H3. The highest BCUT2D eigenvalue weighted by atomic mass is 16.6. The Bertz CT molecular complexity index is 903. The van der Waals surface area contributed by atoms with Gasteiger partial charge in [0.05, 0.1) is 4.92 Å². The van der Waals surface area contributed by atoms with Crippen LogP contribution in [0, 0.1) is 10.1 Å². The van der Waals surface area contributed by atoms with Crippen LogP contribution in [0.5, 0.6) is 0 Å². The smallest absolute Gasteiger partial charge is 0.293 e. The normalized spacial score (nSPS) is 13.9. The first-order chi connectivity index (χ1) is 13.4. The lowest BCUT2D eigenvalue weighted by Gasteiger charge is -2.36. The van der Waals surface area contributed by atoms with Crippen molar-refractivity contribution in [3.63, 3.8) is 0 Å². The lowest BCUT2D eigenvalue weighted by molar-refractivity contribution is -0.384. The van der Waals surface area contributed by atoms with Gasteiger partial charge < -0.3 is 15.1 Å². The Labute approximate surface area is 162 Å². The molecule has 1 amide bonds. The Morgan fingerprint density at radius 2 is 1.61 bits per heavy atom. The highest BCUT2D eigenvalue weighted by Crippen LogP contribution is 2.26. The molecule has 1 aliphatic heterocycles. The number of piperazine rings is 1. The molecule has 0 bridgehead atoms. The fourth-order valence-corrected chi connectivity index (χ4v) is 3.28. The number of hydrogen-bond acceptors (Lipinski definition) is 6. The Morgan fingerprint density at radius 1 is 1.00 bits per heavy atom. The zero-order chi connectivity index (χ0) is 20.3. The first kappa shape index (κ1) is 19.3. The number of hydrogen-bond donors (Lipinski definition) is 1. The molecule has 0 radical (unpaired) electrons. The Kier molecular flexibility index (Phi) is 5.58.